The van der Waals surface area contributed by atoms with Gasteiger partial charge in [-0.1, -0.05) is 55.0 Å². The Morgan fingerprint density at radius 3 is 2.62 bits per heavy atom. The van der Waals surface area contributed by atoms with E-state index in [1.54, 1.807) is 18.2 Å². The lowest BCUT2D eigenvalue weighted by atomic mass is 10.1. The summed E-state index contributed by atoms with van der Waals surface area (Å²) >= 11 is 0. The van der Waals surface area contributed by atoms with Crippen LogP contribution in [0.5, 0.6) is 17.2 Å². The van der Waals surface area contributed by atoms with E-state index in [1.807, 2.05) is 56.3 Å². The molecule has 0 aliphatic rings. The molecule has 29 heavy (non-hydrogen) atoms. The lowest BCUT2D eigenvalue weighted by Crippen LogP contribution is -2.06. The fourth-order valence-electron chi connectivity index (χ4n) is 3.23. The van der Waals surface area contributed by atoms with E-state index in [4.69, 9.17) is 13.9 Å². The molecule has 0 aliphatic carbocycles. The van der Waals surface area contributed by atoms with E-state index in [9.17, 15) is 4.79 Å². The zero-order valence-corrected chi connectivity index (χ0v) is 16.5. The third kappa shape index (κ3) is 4.16. The van der Waals surface area contributed by atoms with Crippen LogP contribution in [0.2, 0.25) is 0 Å². The maximum Gasteiger partial charge on any atom is 0.235 e. The summed E-state index contributed by atoms with van der Waals surface area (Å²) in [5, 5.41) is 0.458. The van der Waals surface area contributed by atoms with E-state index in [-0.39, 0.29) is 11.2 Å². The second-order valence-corrected chi connectivity index (χ2v) is 6.93. The maximum atomic E-state index is 12.8. The topological polar surface area (TPSA) is 48.7 Å². The van der Waals surface area contributed by atoms with Gasteiger partial charge in [0, 0.05) is 6.07 Å². The molecule has 0 aliphatic heterocycles. The molecule has 0 spiro atoms. The Labute approximate surface area is 169 Å². The molecular weight excluding hydrogens is 364 g/mol. The van der Waals surface area contributed by atoms with Gasteiger partial charge in [-0.2, -0.15) is 0 Å². The van der Waals surface area contributed by atoms with Crippen LogP contribution in [-0.2, 0) is 13.0 Å². The molecule has 4 aromatic rings. The molecule has 0 amide bonds. The van der Waals surface area contributed by atoms with Gasteiger partial charge in [0.15, 0.2) is 0 Å². The zero-order valence-electron chi connectivity index (χ0n) is 16.5. The first-order valence-electron chi connectivity index (χ1n) is 9.63. The Morgan fingerprint density at radius 2 is 1.79 bits per heavy atom. The SMILES string of the molecule is CCc1ccccc1Oc1coc2cc(OCc3cccc(C)c3)ccc2c1=O. The van der Waals surface area contributed by atoms with Gasteiger partial charge in [-0.3, -0.25) is 4.79 Å². The number of hydrogen-bond donors (Lipinski definition) is 0. The van der Waals surface area contributed by atoms with Crippen LogP contribution in [0.25, 0.3) is 11.0 Å². The van der Waals surface area contributed by atoms with Gasteiger partial charge in [-0.25, -0.2) is 0 Å². The minimum Gasteiger partial charge on any atom is -0.489 e. The molecule has 1 aromatic heterocycles. The third-order valence-electron chi connectivity index (χ3n) is 4.78. The molecule has 4 nitrogen and oxygen atoms in total. The van der Waals surface area contributed by atoms with Gasteiger partial charge < -0.3 is 13.9 Å². The van der Waals surface area contributed by atoms with Crippen molar-refractivity contribution < 1.29 is 13.9 Å². The zero-order chi connectivity index (χ0) is 20.2. The van der Waals surface area contributed by atoms with Crippen LogP contribution in [-0.4, -0.2) is 0 Å². The van der Waals surface area contributed by atoms with Crippen molar-refractivity contribution in [2.75, 3.05) is 0 Å². The largest absolute Gasteiger partial charge is 0.489 e. The average Bonchev–Trinajstić information content (AvgIpc) is 2.74. The van der Waals surface area contributed by atoms with E-state index in [1.165, 1.54) is 11.8 Å². The molecule has 1 heterocycles. The van der Waals surface area contributed by atoms with Gasteiger partial charge >= 0.3 is 0 Å². The Kier molecular flexibility index (Phi) is 5.34. The highest BCUT2D eigenvalue weighted by Gasteiger charge is 2.12. The quantitative estimate of drug-likeness (QED) is 0.406. The van der Waals surface area contributed by atoms with Crippen LogP contribution >= 0.6 is 0 Å². The first-order valence-corrected chi connectivity index (χ1v) is 9.63. The number of rotatable bonds is 6. The van der Waals surface area contributed by atoms with Crippen LogP contribution < -0.4 is 14.9 Å². The Balaban J connectivity index is 1.57. The van der Waals surface area contributed by atoms with Gasteiger partial charge in [-0.05, 0) is 42.7 Å². The van der Waals surface area contributed by atoms with Gasteiger partial charge in [0.05, 0.1) is 5.39 Å². The summed E-state index contributed by atoms with van der Waals surface area (Å²) in [6, 6.07) is 21.0. The summed E-state index contributed by atoms with van der Waals surface area (Å²) in [5.41, 5.74) is 3.57. The molecule has 0 saturated heterocycles. The van der Waals surface area contributed by atoms with Gasteiger partial charge in [0.25, 0.3) is 0 Å². The highest BCUT2D eigenvalue weighted by atomic mass is 16.5. The summed E-state index contributed by atoms with van der Waals surface area (Å²) < 4.78 is 17.4. The van der Waals surface area contributed by atoms with Gasteiger partial charge in [0.1, 0.15) is 30.0 Å². The fourth-order valence-corrected chi connectivity index (χ4v) is 3.23. The average molecular weight is 386 g/mol. The van der Waals surface area contributed by atoms with Crippen LogP contribution in [0.1, 0.15) is 23.6 Å². The molecule has 4 heteroatoms. The van der Waals surface area contributed by atoms with E-state index in [0.29, 0.717) is 29.1 Å². The highest BCUT2D eigenvalue weighted by molar-refractivity contribution is 5.79. The molecule has 0 fully saturated rings. The van der Waals surface area contributed by atoms with Crippen LogP contribution in [0.3, 0.4) is 0 Å². The molecule has 4 rings (SSSR count). The number of ether oxygens (including phenoxy) is 2. The number of para-hydroxylation sites is 1. The minimum atomic E-state index is -0.206. The number of fused-ring (bicyclic) bond motifs is 1. The molecule has 0 unspecified atom stereocenters. The van der Waals surface area contributed by atoms with Crippen molar-refractivity contribution in [2.45, 2.75) is 26.9 Å². The summed E-state index contributed by atoms with van der Waals surface area (Å²) in [6.45, 7) is 4.54. The molecule has 146 valence electrons. The lowest BCUT2D eigenvalue weighted by Gasteiger charge is -2.10. The van der Waals surface area contributed by atoms with Crippen LogP contribution in [0.15, 0.2) is 82.2 Å². The van der Waals surface area contributed by atoms with Crippen LogP contribution in [0.4, 0.5) is 0 Å². The molecule has 0 radical (unpaired) electrons. The Morgan fingerprint density at radius 1 is 0.931 bits per heavy atom. The minimum absolute atomic E-state index is 0.173. The highest BCUT2D eigenvalue weighted by Crippen LogP contribution is 2.26. The summed E-state index contributed by atoms with van der Waals surface area (Å²) in [7, 11) is 0. The first-order chi connectivity index (χ1) is 14.1. The summed E-state index contributed by atoms with van der Waals surface area (Å²) in [5.74, 6) is 1.48. The fraction of sp³-hybridized carbons (Fsp3) is 0.160. The second-order valence-electron chi connectivity index (χ2n) is 6.93. The number of aryl methyl sites for hydroxylation is 2. The smallest absolute Gasteiger partial charge is 0.235 e. The van der Waals surface area contributed by atoms with Crippen molar-refractivity contribution in [1.82, 2.24) is 0 Å². The Hall–Kier alpha value is -3.53. The summed E-state index contributed by atoms with van der Waals surface area (Å²) in [4.78, 5) is 12.8. The predicted molar refractivity (Wildman–Crippen MR) is 114 cm³/mol. The van der Waals surface area contributed by atoms with Crippen molar-refractivity contribution in [3.63, 3.8) is 0 Å². The van der Waals surface area contributed by atoms with E-state index in [2.05, 4.69) is 6.07 Å². The first kappa shape index (κ1) is 18.8. The molecule has 0 bridgehead atoms. The van der Waals surface area contributed by atoms with Crippen molar-refractivity contribution in [1.29, 1.82) is 0 Å². The number of hydrogen-bond acceptors (Lipinski definition) is 4. The standard InChI is InChI=1S/C25H22O4/c1-3-19-9-4-5-10-22(19)29-24-16-28-23-14-20(11-12-21(23)25(24)26)27-15-18-8-6-7-17(2)13-18/h4-14,16H,3,15H2,1-2H3. The second kappa shape index (κ2) is 8.23. The maximum absolute atomic E-state index is 12.8. The summed E-state index contributed by atoms with van der Waals surface area (Å²) in [6.07, 6.45) is 2.18. The monoisotopic (exact) mass is 386 g/mol. The van der Waals surface area contributed by atoms with E-state index >= 15 is 0 Å². The van der Waals surface area contributed by atoms with Crippen molar-refractivity contribution in [3.8, 4) is 17.2 Å². The van der Waals surface area contributed by atoms with Gasteiger partial charge in [0.2, 0.25) is 11.2 Å². The molecule has 0 N–H and O–H groups in total. The van der Waals surface area contributed by atoms with E-state index in [0.717, 1.165) is 17.5 Å². The number of benzene rings is 3. The predicted octanol–water partition coefficient (Wildman–Crippen LogP) is 6.04. The molecule has 0 atom stereocenters. The molecule has 0 saturated carbocycles. The normalized spacial score (nSPS) is 10.8. The van der Waals surface area contributed by atoms with E-state index < -0.39 is 0 Å². The molecule has 3 aromatic carbocycles. The molecular formula is C25H22O4. The van der Waals surface area contributed by atoms with Crippen molar-refractivity contribution in [2.24, 2.45) is 0 Å². The Bertz CT molecular complexity index is 1210. The lowest BCUT2D eigenvalue weighted by molar-refractivity contribution is 0.306. The van der Waals surface area contributed by atoms with Crippen LogP contribution in [0, 0.1) is 6.92 Å². The van der Waals surface area contributed by atoms with Crippen molar-refractivity contribution >= 4 is 11.0 Å². The third-order valence-corrected chi connectivity index (χ3v) is 4.78. The van der Waals surface area contributed by atoms with Gasteiger partial charge in [-0.15, -0.1) is 0 Å². The van der Waals surface area contributed by atoms with Crippen molar-refractivity contribution in [3.05, 3.63) is 99.9 Å².